The van der Waals surface area contributed by atoms with Gasteiger partial charge in [-0.05, 0) is 55.9 Å². The highest BCUT2D eigenvalue weighted by atomic mass is 16.5. The van der Waals surface area contributed by atoms with E-state index >= 15 is 0 Å². The molecule has 1 aliphatic heterocycles. The summed E-state index contributed by atoms with van der Waals surface area (Å²) in [5.41, 5.74) is 4.89. The number of nitrogens with one attached hydrogen (secondary N) is 1. The van der Waals surface area contributed by atoms with Crippen LogP contribution in [0.4, 0.5) is 5.82 Å². The fourth-order valence-electron chi connectivity index (χ4n) is 5.18. The van der Waals surface area contributed by atoms with Crippen molar-refractivity contribution in [2.75, 3.05) is 18.5 Å². The van der Waals surface area contributed by atoms with Gasteiger partial charge in [0.25, 0.3) is 5.91 Å². The van der Waals surface area contributed by atoms with Gasteiger partial charge in [-0.25, -0.2) is 9.97 Å². The number of hydrogen-bond acceptors (Lipinski definition) is 6. The summed E-state index contributed by atoms with van der Waals surface area (Å²) in [6.45, 7) is 3.39. The first kappa shape index (κ1) is 24.0. The van der Waals surface area contributed by atoms with Crippen LogP contribution in [0.5, 0.6) is 0 Å². The summed E-state index contributed by atoms with van der Waals surface area (Å²) < 4.78 is 5.19. The third kappa shape index (κ3) is 5.25. The van der Waals surface area contributed by atoms with Crippen molar-refractivity contribution in [1.29, 1.82) is 0 Å². The van der Waals surface area contributed by atoms with Crippen molar-refractivity contribution in [2.45, 2.75) is 51.6 Å². The quantitative estimate of drug-likeness (QED) is 0.502. The van der Waals surface area contributed by atoms with E-state index in [1.165, 1.54) is 0 Å². The average Bonchev–Trinajstić information content (AvgIpc) is 2.94. The average molecular weight is 485 g/mol. The predicted molar refractivity (Wildman–Crippen MR) is 138 cm³/mol. The van der Waals surface area contributed by atoms with Crippen LogP contribution in [0.15, 0.2) is 60.9 Å². The summed E-state index contributed by atoms with van der Waals surface area (Å²) in [6.07, 6.45) is 5.71. The number of hydrogen-bond donors (Lipinski definition) is 1. The van der Waals surface area contributed by atoms with E-state index in [1.54, 1.807) is 6.33 Å². The zero-order chi connectivity index (χ0) is 24.9. The molecule has 186 valence electrons. The molecular formula is C29H32N4O3. The Kier molecular flexibility index (Phi) is 7.26. The van der Waals surface area contributed by atoms with E-state index in [0.717, 1.165) is 53.9 Å². The molecule has 1 fully saturated rings. The van der Waals surface area contributed by atoms with E-state index in [-0.39, 0.29) is 23.8 Å². The number of esters is 1. The Morgan fingerprint density at radius 3 is 2.42 bits per heavy atom. The van der Waals surface area contributed by atoms with Gasteiger partial charge in [-0.2, -0.15) is 0 Å². The molecule has 36 heavy (non-hydrogen) atoms. The summed E-state index contributed by atoms with van der Waals surface area (Å²) in [7, 11) is 0. The summed E-state index contributed by atoms with van der Waals surface area (Å²) in [5.74, 6) is 0.728. The predicted octanol–water partition coefficient (Wildman–Crippen LogP) is 4.88. The van der Waals surface area contributed by atoms with Gasteiger partial charge in [-0.3, -0.25) is 9.59 Å². The van der Waals surface area contributed by atoms with Crippen LogP contribution < -0.4 is 5.32 Å². The third-order valence-corrected chi connectivity index (χ3v) is 7.22. The second-order valence-electron chi connectivity index (χ2n) is 9.51. The summed E-state index contributed by atoms with van der Waals surface area (Å²) in [6, 6.07) is 18.2. The summed E-state index contributed by atoms with van der Waals surface area (Å²) >= 11 is 0. The first-order valence-corrected chi connectivity index (χ1v) is 12.8. The van der Waals surface area contributed by atoms with Crippen LogP contribution in [-0.2, 0) is 22.5 Å². The molecule has 3 aromatic rings. The Hall–Kier alpha value is -3.74. The van der Waals surface area contributed by atoms with Gasteiger partial charge in [-0.1, -0.05) is 42.5 Å². The maximum atomic E-state index is 13.3. The van der Waals surface area contributed by atoms with Crippen LogP contribution in [0.25, 0.3) is 11.1 Å². The van der Waals surface area contributed by atoms with Gasteiger partial charge >= 0.3 is 5.97 Å². The number of carbonyl (C=O) groups excluding carboxylic acids is 2. The highest BCUT2D eigenvalue weighted by molar-refractivity contribution is 5.95. The molecule has 0 bridgehead atoms. The number of amides is 1. The lowest BCUT2D eigenvalue weighted by atomic mass is 9.86. The topological polar surface area (TPSA) is 84.4 Å². The Balaban J connectivity index is 1.25. The number of benzene rings is 2. The van der Waals surface area contributed by atoms with Gasteiger partial charge in [-0.15, -0.1) is 0 Å². The normalized spacial score (nSPS) is 19.3. The Morgan fingerprint density at radius 1 is 0.972 bits per heavy atom. The fraction of sp³-hybridized carbons (Fsp3) is 0.379. The zero-order valence-corrected chi connectivity index (χ0v) is 20.7. The second kappa shape index (κ2) is 10.9. The van der Waals surface area contributed by atoms with E-state index in [0.29, 0.717) is 31.7 Å². The smallest absolute Gasteiger partial charge is 0.308 e. The molecule has 0 radical (unpaired) electrons. The standard InChI is InChI=1S/C29H32N4O3/c1-2-36-29(35)23-12-14-24(15-13-23)32-27-25-18-33(17-16-26(25)30-19-31-27)28(34)22-10-8-21(9-11-22)20-6-4-3-5-7-20/h3-11,19,23-24H,2,12-18H2,1H3,(H,30,31,32)/t23-,24+. The molecule has 7 nitrogen and oxygen atoms in total. The van der Waals surface area contributed by atoms with Gasteiger partial charge in [0, 0.05) is 30.1 Å². The molecule has 0 unspecified atom stereocenters. The lowest BCUT2D eigenvalue weighted by Crippen LogP contribution is -2.37. The first-order chi connectivity index (χ1) is 17.6. The molecule has 1 aromatic heterocycles. The molecule has 5 rings (SSSR count). The Morgan fingerprint density at radius 2 is 1.69 bits per heavy atom. The van der Waals surface area contributed by atoms with Gasteiger partial charge in [0.1, 0.15) is 12.1 Å². The monoisotopic (exact) mass is 484 g/mol. The molecule has 2 aliphatic rings. The minimum Gasteiger partial charge on any atom is -0.466 e. The van der Waals surface area contributed by atoms with Crippen molar-refractivity contribution in [3.63, 3.8) is 0 Å². The van der Waals surface area contributed by atoms with Crippen LogP contribution in [-0.4, -0.2) is 45.9 Å². The number of fused-ring (bicyclic) bond motifs is 1. The van der Waals surface area contributed by atoms with Crippen molar-refractivity contribution in [1.82, 2.24) is 14.9 Å². The molecule has 1 saturated carbocycles. The molecule has 0 saturated heterocycles. The molecule has 0 atom stereocenters. The lowest BCUT2D eigenvalue weighted by molar-refractivity contribution is -0.149. The maximum absolute atomic E-state index is 13.3. The molecule has 0 spiro atoms. The van der Waals surface area contributed by atoms with E-state index in [4.69, 9.17) is 4.74 Å². The second-order valence-corrected chi connectivity index (χ2v) is 9.51. The number of carbonyl (C=O) groups is 2. The lowest BCUT2D eigenvalue weighted by Gasteiger charge is -2.32. The summed E-state index contributed by atoms with van der Waals surface area (Å²) in [5, 5.41) is 3.58. The highest BCUT2D eigenvalue weighted by Gasteiger charge is 2.29. The van der Waals surface area contributed by atoms with Gasteiger partial charge in [0.15, 0.2) is 0 Å². The van der Waals surface area contributed by atoms with Gasteiger partial charge in [0.2, 0.25) is 0 Å². The minimum atomic E-state index is -0.0821. The molecule has 2 heterocycles. The zero-order valence-electron chi connectivity index (χ0n) is 20.7. The van der Waals surface area contributed by atoms with Crippen LogP contribution in [0.3, 0.4) is 0 Å². The van der Waals surface area contributed by atoms with Crippen molar-refractivity contribution in [2.24, 2.45) is 5.92 Å². The SMILES string of the molecule is CCOC(=O)[C@H]1CC[C@@H](Nc2ncnc3c2CN(C(=O)c2ccc(-c4ccccc4)cc2)CC3)CC1. The first-order valence-electron chi connectivity index (χ1n) is 12.8. The molecule has 2 aromatic carbocycles. The number of ether oxygens (including phenoxy) is 1. The van der Waals surface area contributed by atoms with Crippen molar-refractivity contribution >= 4 is 17.7 Å². The van der Waals surface area contributed by atoms with Gasteiger partial charge in [0.05, 0.1) is 24.8 Å². The minimum absolute atomic E-state index is 0.0105. The van der Waals surface area contributed by atoms with Crippen LogP contribution >= 0.6 is 0 Å². The van der Waals surface area contributed by atoms with Crippen LogP contribution in [0.2, 0.25) is 0 Å². The Bertz CT molecular complexity index is 1200. The number of aromatic nitrogens is 2. The number of rotatable bonds is 6. The molecule has 1 N–H and O–H groups in total. The van der Waals surface area contributed by atoms with Gasteiger partial charge < -0.3 is 15.0 Å². The number of nitrogens with zero attached hydrogens (tertiary/aromatic N) is 3. The van der Waals surface area contributed by atoms with E-state index < -0.39 is 0 Å². The Labute approximate surface area is 211 Å². The van der Waals surface area contributed by atoms with E-state index in [2.05, 4.69) is 27.4 Å². The van der Waals surface area contributed by atoms with Crippen LogP contribution in [0, 0.1) is 5.92 Å². The van der Waals surface area contributed by atoms with Crippen LogP contribution in [0.1, 0.15) is 54.2 Å². The maximum Gasteiger partial charge on any atom is 0.308 e. The third-order valence-electron chi connectivity index (χ3n) is 7.22. The molecule has 7 heteroatoms. The van der Waals surface area contributed by atoms with Crippen molar-refractivity contribution < 1.29 is 14.3 Å². The largest absolute Gasteiger partial charge is 0.466 e. The van der Waals surface area contributed by atoms with Crippen molar-refractivity contribution in [3.05, 3.63) is 77.7 Å². The van der Waals surface area contributed by atoms with E-state index in [9.17, 15) is 9.59 Å². The molecular weight excluding hydrogens is 452 g/mol. The van der Waals surface area contributed by atoms with Crippen molar-refractivity contribution in [3.8, 4) is 11.1 Å². The molecule has 1 amide bonds. The number of anilines is 1. The molecule has 1 aliphatic carbocycles. The highest BCUT2D eigenvalue weighted by Crippen LogP contribution is 2.30. The fourth-order valence-corrected chi connectivity index (χ4v) is 5.18. The summed E-state index contributed by atoms with van der Waals surface area (Å²) in [4.78, 5) is 36.3. The van der Waals surface area contributed by atoms with E-state index in [1.807, 2.05) is 54.3 Å².